The summed E-state index contributed by atoms with van der Waals surface area (Å²) in [5, 5.41) is 2.91. The molecule has 0 saturated carbocycles. The van der Waals surface area contributed by atoms with Gasteiger partial charge in [0.05, 0.1) is 20.6 Å². The van der Waals surface area contributed by atoms with Gasteiger partial charge >= 0.3 is 11.9 Å². The highest BCUT2D eigenvalue weighted by molar-refractivity contribution is 5.82. The lowest BCUT2D eigenvalue weighted by Crippen LogP contribution is -2.40. The Kier molecular flexibility index (Phi) is 6.74. The van der Waals surface area contributed by atoms with Crippen LogP contribution < -0.4 is 5.32 Å². The normalized spacial score (nSPS) is 11.9. The van der Waals surface area contributed by atoms with E-state index in [0.717, 1.165) is 6.42 Å². The standard InChI is InChI=1S/C9H17NO4/c1-4-5-10-7(9(12)14-3)6-8(11)13-2/h7,10H,4-6H2,1-3H3. The molecule has 82 valence electrons. The summed E-state index contributed by atoms with van der Waals surface area (Å²) in [5.41, 5.74) is 0. The van der Waals surface area contributed by atoms with E-state index in [1.54, 1.807) is 0 Å². The molecule has 14 heavy (non-hydrogen) atoms. The fourth-order valence-corrected chi connectivity index (χ4v) is 0.950. The zero-order valence-electron chi connectivity index (χ0n) is 8.83. The topological polar surface area (TPSA) is 64.6 Å². The number of hydrogen-bond acceptors (Lipinski definition) is 5. The van der Waals surface area contributed by atoms with Crippen LogP contribution in [0, 0.1) is 0 Å². The number of hydrogen-bond donors (Lipinski definition) is 1. The monoisotopic (exact) mass is 203 g/mol. The molecule has 0 saturated heterocycles. The predicted molar refractivity (Wildman–Crippen MR) is 50.7 cm³/mol. The van der Waals surface area contributed by atoms with E-state index in [9.17, 15) is 9.59 Å². The fourth-order valence-electron chi connectivity index (χ4n) is 0.950. The minimum Gasteiger partial charge on any atom is -0.469 e. The minimum absolute atomic E-state index is 0.00315. The first-order valence-corrected chi connectivity index (χ1v) is 4.53. The van der Waals surface area contributed by atoms with Gasteiger partial charge in [-0.05, 0) is 13.0 Å². The van der Waals surface area contributed by atoms with Crippen LogP contribution in [0.2, 0.25) is 0 Å². The molecule has 0 rings (SSSR count). The number of nitrogens with one attached hydrogen (secondary N) is 1. The Morgan fingerprint density at radius 1 is 1.29 bits per heavy atom. The Morgan fingerprint density at radius 3 is 2.36 bits per heavy atom. The molecule has 0 bridgehead atoms. The lowest BCUT2D eigenvalue weighted by molar-refractivity contribution is -0.149. The Morgan fingerprint density at radius 2 is 1.93 bits per heavy atom. The van der Waals surface area contributed by atoms with Crippen LogP contribution in [0.4, 0.5) is 0 Å². The van der Waals surface area contributed by atoms with E-state index < -0.39 is 18.0 Å². The van der Waals surface area contributed by atoms with Gasteiger partial charge in [-0.15, -0.1) is 0 Å². The second-order valence-corrected chi connectivity index (χ2v) is 2.81. The molecule has 0 amide bonds. The van der Waals surface area contributed by atoms with Crippen molar-refractivity contribution in [2.24, 2.45) is 0 Å². The molecule has 0 spiro atoms. The van der Waals surface area contributed by atoms with Gasteiger partial charge in [-0.2, -0.15) is 0 Å². The number of carbonyl (C=O) groups is 2. The lowest BCUT2D eigenvalue weighted by Gasteiger charge is -2.14. The molecule has 0 aromatic heterocycles. The molecule has 1 atom stereocenters. The number of carbonyl (C=O) groups excluding carboxylic acids is 2. The minimum atomic E-state index is -0.604. The highest BCUT2D eigenvalue weighted by atomic mass is 16.5. The smallest absolute Gasteiger partial charge is 0.323 e. The van der Waals surface area contributed by atoms with Gasteiger partial charge in [0.15, 0.2) is 0 Å². The number of esters is 2. The average molecular weight is 203 g/mol. The summed E-state index contributed by atoms with van der Waals surface area (Å²) in [6.07, 6.45) is 0.887. The fraction of sp³-hybridized carbons (Fsp3) is 0.778. The number of ether oxygens (including phenoxy) is 2. The largest absolute Gasteiger partial charge is 0.469 e. The summed E-state index contributed by atoms with van der Waals surface area (Å²) in [6, 6.07) is -0.604. The molecule has 1 N–H and O–H groups in total. The first-order chi connectivity index (χ1) is 6.65. The van der Waals surface area contributed by atoms with Crippen molar-refractivity contribution in [2.75, 3.05) is 20.8 Å². The van der Waals surface area contributed by atoms with Gasteiger partial charge in [0.1, 0.15) is 6.04 Å². The van der Waals surface area contributed by atoms with Crippen LogP contribution in [-0.2, 0) is 19.1 Å². The maximum absolute atomic E-state index is 11.2. The third kappa shape index (κ3) is 4.81. The number of rotatable bonds is 6. The Bertz CT molecular complexity index is 193. The molecule has 0 heterocycles. The van der Waals surface area contributed by atoms with Crippen molar-refractivity contribution in [3.8, 4) is 0 Å². The van der Waals surface area contributed by atoms with Crippen molar-refractivity contribution in [1.29, 1.82) is 0 Å². The van der Waals surface area contributed by atoms with E-state index in [0.29, 0.717) is 6.54 Å². The average Bonchev–Trinajstić information content (AvgIpc) is 2.22. The maximum atomic E-state index is 11.2. The lowest BCUT2D eigenvalue weighted by atomic mass is 10.2. The van der Waals surface area contributed by atoms with Gasteiger partial charge in [0, 0.05) is 0 Å². The second-order valence-electron chi connectivity index (χ2n) is 2.81. The number of methoxy groups -OCH3 is 2. The summed E-state index contributed by atoms with van der Waals surface area (Å²) in [7, 11) is 2.58. The second kappa shape index (κ2) is 7.32. The maximum Gasteiger partial charge on any atom is 0.323 e. The Hall–Kier alpha value is -1.10. The summed E-state index contributed by atoms with van der Waals surface area (Å²) >= 11 is 0. The highest BCUT2D eigenvalue weighted by Gasteiger charge is 2.21. The van der Waals surface area contributed by atoms with Crippen LogP contribution in [0.5, 0.6) is 0 Å². The van der Waals surface area contributed by atoms with E-state index in [2.05, 4.69) is 14.8 Å². The SMILES string of the molecule is CCCNC(CC(=O)OC)C(=O)OC. The van der Waals surface area contributed by atoms with Crippen LogP contribution in [0.25, 0.3) is 0 Å². The third-order valence-electron chi connectivity index (χ3n) is 1.72. The summed E-state index contributed by atoms with van der Waals surface area (Å²) < 4.78 is 9.01. The van der Waals surface area contributed by atoms with Crippen LogP contribution in [0.3, 0.4) is 0 Å². The Balaban J connectivity index is 4.09. The van der Waals surface area contributed by atoms with Crippen LogP contribution >= 0.6 is 0 Å². The molecular formula is C9H17NO4. The summed E-state index contributed by atoms with van der Waals surface area (Å²) in [4.78, 5) is 22.1. The molecule has 0 radical (unpaired) electrons. The van der Waals surface area contributed by atoms with E-state index in [4.69, 9.17) is 0 Å². The predicted octanol–water partition coefficient (Wildman–Crippen LogP) is 0.0907. The molecule has 1 unspecified atom stereocenters. The molecule has 0 aliphatic carbocycles. The van der Waals surface area contributed by atoms with Crippen molar-refractivity contribution in [3.05, 3.63) is 0 Å². The van der Waals surface area contributed by atoms with Crippen molar-refractivity contribution in [1.82, 2.24) is 5.32 Å². The van der Waals surface area contributed by atoms with Gasteiger partial charge in [-0.25, -0.2) is 0 Å². The molecular weight excluding hydrogens is 186 g/mol. The molecule has 5 nitrogen and oxygen atoms in total. The van der Waals surface area contributed by atoms with Crippen molar-refractivity contribution < 1.29 is 19.1 Å². The molecule has 0 aromatic carbocycles. The first-order valence-electron chi connectivity index (χ1n) is 4.53. The quantitative estimate of drug-likeness (QED) is 0.620. The van der Waals surface area contributed by atoms with E-state index >= 15 is 0 Å². The van der Waals surface area contributed by atoms with Gasteiger partial charge in [-0.1, -0.05) is 6.92 Å². The van der Waals surface area contributed by atoms with Crippen LogP contribution in [-0.4, -0.2) is 38.7 Å². The summed E-state index contributed by atoms with van der Waals surface area (Å²) in [5.74, 6) is -0.868. The van der Waals surface area contributed by atoms with Gasteiger partial charge in [0.2, 0.25) is 0 Å². The van der Waals surface area contributed by atoms with Crippen molar-refractivity contribution >= 4 is 11.9 Å². The van der Waals surface area contributed by atoms with Crippen molar-refractivity contribution in [2.45, 2.75) is 25.8 Å². The zero-order valence-corrected chi connectivity index (χ0v) is 8.83. The van der Waals surface area contributed by atoms with Gasteiger partial charge in [0.25, 0.3) is 0 Å². The third-order valence-corrected chi connectivity index (χ3v) is 1.72. The molecule has 0 fully saturated rings. The first kappa shape index (κ1) is 12.9. The molecule has 0 aliphatic rings. The Labute approximate surface area is 83.8 Å². The zero-order chi connectivity index (χ0) is 11.0. The van der Waals surface area contributed by atoms with Crippen LogP contribution in [0.15, 0.2) is 0 Å². The molecule has 0 aromatic rings. The van der Waals surface area contributed by atoms with Crippen LogP contribution in [0.1, 0.15) is 19.8 Å². The van der Waals surface area contributed by atoms with E-state index in [1.807, 2.05) is 6.92 Å². The highest BCUT2D eigenvalue weighted by Crippen LogP contribution is 1.97. The van der Waals surface area contributed by atoms with Gasteiger partial charge < -0.3 is 14.8 Å². The molecule has 0 aliphatic heterocycles. The molecule has 5 heteroatoms. The summed E-state index contributed by atoms with van der Waals surface area (Å²) in [6.45, 7) is 2.64. The van der Waals surface area contributed by atoms with E-state index in [-0.39, 0.29) is 6.42 Å². The van der Waals surface area contributed by atoms with Crippen molar-refractivity contribution in [3.63, 3.8) is 0 Å². The van der Waals surface area contributed by atoms with E-state index in [1.165, 1.54) is 14.2 Å². The van der Waals surface area contributed by atoms with Gasteiger partial charge in [-0.3, -0.25) is 9.59 Å².